The number of para-hydroxylation sites is 1. The minimum Gasteiger partial charge on any atom is -0.323 e. The minimum absolute atomic E-state index is 0.0858. The number of carbonyl (C=O) groups is 1. The minimum atomic E-state index is 0.0858. The first-order valence-corrected chi connectivity index (χ1v) is 14.7. The molecule has 0 unspecified atom stereocenters. The van der Waals surface area contributed by atoms with Crippen LogP contribution in [-0.4, -0.2) is 34.1 Å². The van der Waals surface area contributed by atoms with Crippen LogP contribution in [0, 0.1) is 6.92 Å². The van der Waals surface area contributed by atoms with Gasteiger partial charge in [0.15, 0.2) is 4.34 Å². The predicted molar refractivity (Wildman–Crippen MR) is 139 cm³/mol. The van der Waals surface area contributed by atoms with Crippen LogP contribution in [0.15, 0.2) is 44.6 Å². The van der Waals surface area contributed by atoms with Crippen molar-refractivity contribution in [1.82, 2.24) is 9.97 Å². The van der Waals surface area contributed by atoms with E-state index in [0.717, 1.165) is 49.8 Å². The molecule has 0 aliphatic carbocycles. The van der Waals surface area contributed by atoms with Crippen molar-refractivity contribution in [3.8, 4) is 0 Å². The topological polar surface area (TPSA) is 54.9 Å². The average Bonchev–Trinajstić information content (AvgIpc) is 3.19. The zero-order valence-corrected chi connectivity index (χ0v) is 21.5. The first kappa shape index (κ1) is 24.4. The molecule has 0 bridgehead atoms. The molecular weight excluding hydrogens is 463 g/mol. The van der Waals surface area contributed by atoms with Crippen LogP contribution in [0.25, 0.3) is 10.2 Å². The fourth-order valence-corrected chi connectivity index (χ4v) is 6.67. The molecule has 0 saturated carbocycles. The lowest BCUT2D eigenvalue weighted by Crippen LogP contribution is -2.13. The number of fused-ring (bicyclic) bond motifs is 1. The summed E-state index contributed by atoms with van der Waals surface area (Å²) in [4.78, 5) is 22.7. The molecule has 1 amide bonds. The number of unbranched alkanes of at least 4 members (excludes halogenated alkanes) is 4. The summed E-state index contributed by atoms with van der Waals surface area (Å²) in [6, 6.07) is 10.3. The summed E-state index contributed by atoms with van der Waals surface area (Å²) >= 11 is 6.86. The molecule has 0 saturated heterocycles. The number of hydrogen-bond acceptors (Lipinski definition) is 7. The van der Waals surface area contributed by atoms with Crippen molar-refractivity contribution >= 4 is 68.4 Å². The Bertz CT molecular complexity index is 947. The normalized spacial score (nSPS) is 11.2. The highest BCUT2D eigenvalue weighted by Gasteiger charge is 2.13. The van der Waals surface area contributed by atoms with Gasteiger partial charge in [-0.2, -0.15) is 0 Å². The van der Waals surface area contributed by atoms with Crippen LogP contribution in [-0.2, 0) is 4.79 Å². The maximum Gasteiger partial charge on any atom is 0.224 e. The average molecular weight is 492 g/mol. The number of amides is 1. The fourth-order valence-electron chi connectivity index (χ4n) is 3.23. The molecule has 8 heteroatoms. The molecule has 1 N–H and O–H groups in total. The molecule has 1 aromatic carbocycles. The second-order valence-corrected chi connectivity index (χ2v) is 11.2. The van der Waals surface area contributed by atoms with Gasteiger partial charge >= 0.3 is 0 Å². The molecule has 0 spiro atoms. The summed E-state index contributed by atoms with van der Waals surface area (Å²) in [7, 11) is 0. The van der Waals surface area contributed by atoms with Crippen LogP contribution in [0.5, 0.6) is 0 Å². The maximum atomic E-state index is 12.4. The Labute approximate surface area is 201 Å². The van der Waals surface area contributed by atoms with Gasteiger partial charge in [-0.3, -0.25) is 4.79 Å². The van der Waals surface area contributed by atoms with Gasteiger partial charge in [0.25, 0.3) is 0 Å². The first-order valence-electron chi connectivity index (χ1n) is 10.5. The zero-order chi connectivity index (χ0) is 22.1. The van der Waals surface area contributed by atoms with E-state index in [1.165, 1.54) is 24.0 Å². The lowest BCUT2D eigenvalue weighted by molar-refractivity contribution is -0.116. The van der Waals surface area contributed by atoms with E-state index in [0.29, 0.717) is 6.42 Å². The first-order chi connectivity index (χ1) is 15.1. The number of nitrogens with zero attached hydrogens (tertiary/aromatic N) is 2. The number of aryl methyl sites for hydroxylation is 1. The molecule has 31 heavy (non-hydrogen) atoms. The van der Waals surface area contributed by atoms with E-state index in [9.17, 15) is 4.79 Å². The molecule has 2 aromatic heterocycles. The standard InChI is InChI=1S/C23H29N3OS4/c1-16-15-19(28-2)21(22(24-16)29-3)26-20(27)13-7-5-4-6-10-14-30-23-25-17-11-8-9-12-18(17)31-23/h8-9,11-12,15H,4-7,10,13-14H2,1-3H3,(H,26,27). The molecule has 2 heterocycles. The molecule has 4 nitrogen and oxygen atoms in total. The summed E-state index contributed by atoms with van der Waals surface area (Å²) < 4.78 is 2.43. The highest BCUT2D eigenvalue weighted by Crippen LogP contribution is 2.34. The highest BCUT2D eigenvalue weighted by atomic mass is 32.2. The summed E-state index contributed by atoms with van der Waals surface area (Å²) in [5.74, 6) is 1.19. The Morgan fingerprint density at radius 3 is 2.58 bits per heavy atom. The molecule has 0 aliphatic rings. The fraction of sp³-hybridized carbons (Fsp3) is 0.435. The van der Waals surface area contributed by atoms with Gasteiger partial charge < -0.3 is 5.32 Å². The Kier molecular flexibility index (Phi) is 10.0. The number of carbonyl (C=O) groups excluding carboxylic acids is 1. The number of anilines is 1. The van der Waals surface area contributed by atoms with Gasteiger partial charge in [-0.15, -0.1) is 34.9 Å². The van der Waals surface area contributed by atoms with E-state index in [1.807, 2.05) is 43.3 Å². The molecule has 0 fully saturated rings. The monoisotopic (exact) mass is 491 g/mol. The van der Waals surface area contributed by atoms with Gasteiger partial charge in [0.2, 0.25) is 5.91 Å². The molecular formula is C23H29N3OS4. The quantitative estimate of drug-likeness (QED) is 0.209. The molecule has 3 rings (SSSR count). The van der Waals surface area contributed by atoms with Crippen LogP contribution in [0.1, 0.15) is 44.2 Å². The molecule has 0 aliphatic heterocycles. The maximum absolute atomic E-state index is 12.4. The number of thiazole rings is 1. The van der Waals surface area contributed by atoms with Crippen molar-refractivity contribution in [3.05, 3.63) is 36.0 Å². The second kappa shape index (κ2) is 12.7. The molecule has 3 aromatic rings. The van der Waals surface area contributed by atoms with E-state index in [-0.39, 0.29) is 5.91 Å². The number of nitrogens with one attached hydrogen (secondary N) is 1. The van der Waals surface area contributed by atoms with Crippen molar-refractivity contribution in [1.29, 1.82) is 0 Å². The van der Waals surface area contributed by atoms with Gasteiger partial charge in [0.05, 0.1) is 15.9 Å². The van der Waals surface area contributed by atoms with E-state index >= 15 is 0 Å². The number of benzene rings is 1. The van der Waals surface area contributed by atoms with Crippen LogP contribution < -0.4 is 5.32 Å². The van der Waals surface area contributed by atoms with Gasteiger partial charge in [-0.25, -0.2) is 9.97 Å². The number of hydrogen-bond donors (Lipinski definition) is 1. The van der Waals surface area contributed by atoms with Crippen LogP contribution in [0.3, 0.4) is 0 Å². The predicted octanol–water partition coefficient (Wildman–Crippen LogP) is 7.51. The SMILES string of the molecule is CSc1cc(C)nc(SC)c1NC(=O)CCCCCCCSc1nc2ccccc2s1. The molecule has 0 atom stereocenters. The molecule has 0 radical (unpaired) electrons. The number of thioether (sulfide) groups is 3. The number of rotatable bonds is 12. The van der Waals surface area contributed by atoms with Gasteiger partial charge in [-0.1, -0.05) is 43.2 Å². The van der Waals surface area contributed by atoms with Crippen LogP contribution in [0.4, 0.5) is 5.69 Å². The van der Waals surface area contributed by atoms with E-state index in [1.54, 1.807) is 34.9 Å². The third-order valence-electron chi connectivity index (χ3n) is 4.80. The number of pyridine rings is 1. The smallest absolute Gasteiger partial charge is 0.224 e. The summed E-state index contributed by atoms with van der Waals surface area (Å²) in [6.07, 6.45) is 10.2. The van der Waals surface area contributed by atoms with E-state index < -0.39 is 0 Å². The Hall–Kier alpha value is -1.22. The molecule has 166 valence electrons. The van der Waals surface area contributed by atoms with Crippen molar-refractivity contribution in [2.45, 2.75) is 59.7 Å². The van der Waals surface area contributed by atoms with Crippen molar-refractivity contribution in [3.63, 3.8) is 0 Å². The van der Waals surface area contributed by atoms with Gasteiger partial charge in [0.1, 0.15) is 5.03 Å². The van der Waals surface area contributed by atoms with E-state index in [2.05, 4.69) is 33.5 Å². The van der Waals surface area contributed by atoms with Crippen molar-refractivity contribution < 1.29 is 4.79 Å². The van der Waals surface area contributed by atoms with Crippen molar-refractivity contribution in [2.75, 3.05) is 23.6 Å². The summed E-state index contributed by atoms with van der Waals surface area (Å²) in [5, 5.41) is 3.99. The van der Waals surface area contributed by atoms with Gasteiger partial charge in [0, 0.05) is 22.8 Å². The lowest BCUT2D eigenvalue weighted by atomic mass is 10.1. The summed E-state index contributed by atoms with van der Waals surface area (Å²) in [6.45, 7) is 1.99. The zero-order valence-electron chi connectivity index (χ0n) is 18.3. The summed E-state index contributed by atoms with van der Waals surface area (Å²) in [5.41, 5.74) is 2.94. The Morgan fingerprint density at radius 1 is 1.03 bits per heavy atom. The largest absolute Gasteiger partial charge is 0.323 e. The van der Waals surface area contributed by atoms with Gasteiger partial charge in [-0.05, 0) is 50.5 Å². The van der Waals surface area contributed by atoms with Crippen LogP contribution >= 0.6 is 46.6 Å². The van der Waals surface area contributed by atoms with Crippen molar-refractivity contribution in [2.24, 2.45) is 0 Å². The highest BCUT2D eigenvalue weighted by molar-refractivity contribution is 8.01. The Balaban J connectivity index is 1.31. The van der Waals surface area contributed by atoms with E-state index in [4.69, 9.17) is 0 Å². The number of aromatic nitrogens is 2. The second-order valence-electron chi connectivity index (χ2n) is 7.21. The third-order valence-corrected chi connectivity index (χ3v) is 8.51. The third kappa shape index (κ3) is 7.41. The van der Waals surface area contributed by atoms with Crippen LogP contribution in [0.2, 0.25) is 0 Å². The lowest BCUT2D eigenvalue weighted by Gasteiger charge is -2.14. The Morgan fingerprint density at radius 2 is 1.81 bits per heavy atom.